The van der Waals surface area contributed by atoms with Crippen molar-refractivity contribution in [3.05, 3.63) is 35.9 Å². The summed E-state index contributed by atoms with van der Waals surface area (Å²) in [7, 11) is 0. The van der Waals surface area contributed by atoms with Crippen LogP contribution in [0, 0.1) is 0 Å². The summed E-state index contributed by atoms with van der Waals surface area (Å²) >= 11 is 12.3. The zero-order chi connectivity index (χ0) is 12.7. The van der Waals surface area contributed by atoms with Gasteiger partial charge in [0, 0.05) is 23.8 Å². The van der Waals surface area contributed by atoms with E-state index >= 15 is 0 Å². The van der Waals surface area contributed by atoms with Crippen molar-refractivity contribution in [2.45, 2.75) is 31.8 Å². The van der Waals surface area contributed by atoms with Gasteiger partial charge in [-0.15, -0.1) is 23.2 Å². The number of alkyl halides is 2. The minimum absolute atomic E-state index is 0.181. The Kier molecular flexibility index (Phi) is 6.32. The van der Waals surface area contributed by atoms with E-state index in [9.17, 15) is 0 Å². The topological polar surface area (TPSA) is 9.23 Å². The zero-order valence-corrected chi connectivity index (χ0v) is 12.0. The van der Waals surface area contributed by atoms with Gasteiger partial charge in [-0.2, -0.15) is 0 Å². The van der Waals surface area contributed by atoms with E-state index in [-0.39, 0.29) is 11.5 Å². The van der Waals surface area contributed by atoms with E-state index < -0.39 is 0 Å². The first-order valence-corrected chi connectivity index (χ1v) is 7.00. The average molecular weight is 275 g/mol. The molecule has 0 atom stereocenters. The molecular formula is C14H20Cl2O. The van der Waals surface area contributed by atoms with Crippen LogP contribution in [0.2, 0.25) is 0 Å². The maximum atomic E-state index is 6.13. The fraction of sp³-hybridized carbons (Fsp3) is 0.571. The van der Waals surface area contributed by atoms with Crippen LogP contribution in [0.15, 0.2) is 30.3 Å². The zero-order valence-electron chi connectivity index (χ0n) is 10.5. The Balaban J connectivity index is 2.75. The van der Waals surface area contributed by atoms with Gasteiger partial charge in [-0.05, 0) is 25.8 Å². The maximum Gasteiger partial charge on any atom is 0.0518 e. The molecular weight excluding hydrogens is 255 g/mol. The molecule has 0 saturated carbocycles. The lowest BCUT2D eigenvalue weighted by molar-refractivity contribution is 0.0677. The van der Waals surface area contributed by atoms with E-state index in [1.807, 2.05) is 32.0 Å². The number of benzene rings is 1. The molecule has 1 aromatic rings. The summed E-state index contributed by atoms with van der Waals surface area (Å²) in [5.41, 5.74) is 1.01. The molecule has 0 radical (unpaired) electrons. The lowest BCUT2D eigenvalue weighted by Gasteiger charge is -2.30. The van der Waals surface area contributed by atoms with E-state index in [0.29, 0.717) is 18.4 Å². The lowest BCUT2D eigenvalue weighted by atomic mass is 9.81. The summed E-state index contributed by atoms with van der Waals surface area (Å²) in [6.07, 6.45) is 1.09. The normalized spacial score (nSPS) is 12.1. The fourth-order valence-corrected chi connectivity index (χ4v) is 2.61. The molecule has 0 unspecified atom stereocenters. The van der Waals surface area contributed by atoms with E-state index in [0.717, 1.165) is 6.42 Å². The summed E-state index contributed by atoms with van der Waals surface area (Å²) in [4.78, 5) is 0. The van der Waals surface area contributed by atoms with Gasteiger partial charge < -0.3 is 4.74 Å². The van der Waals surface area contributed by atoms with Crippen molar-refractivity contribution in [2.24, 2.45) is 0 Å². The third-order valence-corrected chi connectivity index (χ3v) is 3.95. The van der Waals surface area contributed by atoms with Gasteiger partial charge in [0.25, 0.3) is 0 Å². The molecule has 0 aliphatic carbocycles. The Morgan fingerprint density at radius 3 is 2.18 bits per heavy atom. The van der Waals surface area contributed by atoms with Crippen LogP contribution in [0.25, 0.3) is 0 Å². The fourth-order valence-electron chi connectivity index (χ4n) is 1.75. The second kappa shape index (κ2) is 7.25. The monoisotopic (exact) mass is 274 g/mol. The van der Waals surface area contributed by atoms with Crippen molar-refractivity contribution in [3.63, 3.8) is 0 Å². The molecule has 0 saturated heterocycles. The molecule has 0 aliphatic rings. The second-order valence-electron chi connectivity index (χ2n) is 4.58. The first-order chi connectivity index (χ1) is 8.14. The van der Waals surface area contributed by atoms with Gasteiger partial charge in [0.05, 0.1) is 6.10 Å². The molecule has 1 nitrogen and oxygen atoms in total. The third-order valence-electron chi connectivity index (χ3n) is 2.93. The molecule has 3 heteroatoms. The summed E-state index contributed by atoms with van der Waals surface area (Å²) < 4.78 is 5.61. The maximum absolute atomic E-state index is 6.13. The van der Waals surface area contributed by atoms with E-state index in [2.05, 4.69) is 12.1 Å². The van der Waals surface area contributed by atoms with Gasteiger partial charge in [0.1, 0.15) is 0 Å². The molecule has 0 bridgehead atoms. The molecule has 96 valence electrons. The van der Waals surface area contributed by atoms with Crippen molar-refractivity contribution >= 4 is 23.2 Å². The minimum Gasteiger partial charge on any atom is -0.379 e. The first-order valence-electron chi connectivity index (χ1n) is 5.93. The number of hydrogen-bond donors (Lipinski definition) is 0. The number of halogens is 2. The summed E-state index contributed by atoms with van der Waals surface area (Å²) in [6.45, 7) is 4.75. The van der Waals surface area contributed by atoms with Crippen LogP contribution in [0.3, 0.4) is 0 Å². The molecule has 0 spiro atoms. The Bertz CT molecular complexity index is 307. The Hall–Kier alpha value is -0.240. The molecule has 17 heavy (non-hydrogen) atoms. The van der Waals surface area contributed by atoms with Gasteiger partial charge >= 0.3 is 0 Å². The molecule has 1 aromatic carbocycles. The van der Waals surface area contributed by atoms with Crippen molar-refractivity contribution < 1.29 is 4.74 Å². The van der Waals surface area contributed by atoms with Crippen LogP contribution < -0.4 is 0 Å². The highest BCUT2D eigenvalue weighted by Gasteiger charge is 2.30. The van der Waals surface area contributed by atoms with Gasteiger partial charge in [-0.3, -0.25) is 0 Å². The molecule has 0 aromatic heterocycles. The largest absolute Gasteiger partial charge is 0.379 e. The first kappa shape index (κ1) is 14.8. The molecule has 0 heterocycles. The Morgan fingerprint density at radius 1 is 1.12 bits per heavy atom. The predicted molar refractivity (Wildman–Crippen MR) is 75.3 cm³/mol. The standard InChI is InChI=1S/C14H20Cl2O/c1-12(2)17-9-8-14(10-15,11-16)13-6-4-3-5-7-13/h3-7,12H,8-11H2,1-2H3. The van der Waals surface area contributed by atoms with E-state index in [1.165, 1.54) is 5.56 Å². The van der Waals surface area contributed by atoms with Gasteiger partial charge in [-0.25, -0.2) is 0 Å². The van der Waals surface area contributed by atoms with E-state index in [1.54, 1.807) is 0 Å². The van der Waals surface area contributed by atoms with Crippen LogP contribution in [0.1, 0.15) is 25.8 Å². The smallest absolute Gasteiger partial charge is 0.0518 e. The quantitative estimate of drug-likeness (QED) is 0.677. The van der Waals surface area contributed by atoms with Crippen LogP contribution >= 0.6 is 23.2 Å². The second-order valence-corrected chi connectivity index (χ2v) is 5.12. The molecule has 0 amide bonds. The summed E-state index contributed by atoms with van der Waals surface area (Å²) in [5.74, 6) is 1.03. The SMILES string of the molecule is CC(C)OCCC(CCl)(CCl)c1ccccc1. The molecule has 0 fully saturated rings. The number of rotatable bonds is 7. The highest BCUT2D eigenvalue weighted by Crippen LogP contribution is 2.31. The van der Waals surface area contributed by atoms with Crippen LogP contribution in [-0.4, -0.2) is 24.5 Å². The van der Waals surface area contributed by atoms with E-state index in [4.69, 9.17) is 27.9 Å². The number of ether oxygens (including phenoxy) is 1. The van der Waals surface area contributed by atoms with Crippen LogP contribution in [-0.2, 0) is 10.2 Å². The van der Waals surface area contributed by atoms with Gasteiger partial charge in [0.2, 0.25) is 0 Å². The Morgan fingerprint density at radius 2 is 1.71 bits per heavy atom. The third kappa shape index (κ3) is 4.17. The minimum atomic E-state index is -0.181. The van der Waals surface area contributed by atoms with Crippen molar-refractivity contribution in [1.82, 2.24) is 0 Å². The summed E-state index contributed by atoms with van der Waals surface area (Å²) in [6, 6.07) is 10.2. The van der Waals surface area contributed by atoms with Crippen molar-refractivity contribution in [3.8, 4) is 0 Å². The van der Waals surface area contributed by atoms with Gasteiger partial charge in [-0.1, -0.05) is 30.3 Å². The highest BCUT2D eigenvalue weighted by atomic mass is 35.5. The average Bonchev–Trinajstić information content (AvgIpc) is 2.36. The van der Waals surface area contributed by atoms with Crippen molar-refractivity contribution in [1.29, 1.82) is 0 Å². The van der Waals surface area contributed by atoms with Crippen molar-refractivity contribution in [2.75, 3.05) is 18.4 Å². The summed E-state index contributed by atoms with van der Waals surface area (Å²) in [5, 5.41) is 0. The molecule has 0 N–H and O–H groups in total. The molecule has 1 rings (SSSR count). The van der Waals surface area contributed by atoms with Gasteiger partial charge in [0.15, 0.2) is 0 Å². The van der Waals surface area contributed by atoms with Crippen LogP contribution in [0.4, 0.5) is 0 Å². The predicted octanol–water partition coefficient (Wildman–Crippen LogP) is 4.22. The molecule has 0 aliphatic heterocycles. The number of hydrogen-bond acceptors (Lipinski definition) is 1. The van der Waals surface area contributed by atoms with Crippen LogP contribution in [0.5, 0.6) is 0 Å². The lowest BCUT2D eigenvalue weighted by Crippen LogP contribution is -2.32. The highest BCUT2D eigenvalue weighted by molar-refractivity contribution is 6.22. The Labute approximate surface area is 114 Å².